The predicted octanol–water partition coefficient (Wildman–Crippen LogP) is 2.29. The van der Waals surface area contributed by atoms with Gasteiger partial charge >= 0.3 is 0 Å². The highest BCUT2D eigenvalue weighted by molar-refractivity contribution is 6.30. The molecule has 1 fully saturated rings. The van der Waals surface area contributed by atoms with Gasteiger partial charge in [-0.2, -0.15) is 0 Å². The smallest absolute Gasteiger partial charge is 0.122 e. The van der Waals surface area contributed by atoms with Gasteiger partial charge in [0.2, 0.25) is 0 Å². The van der Waals surface area contributed by atoms with E-state index in [4.69, 9.17) is 21.1 Å². The van der Waals surface area contributed by atoms with E-state index in [2.05, 4.69) is 16.8 Å². The van der Waals surface area contributed by atoms with Crippen LogP contribution < -0.4 is 4.74 Å². The number of aryl methyl sites for hydroxylation is 1. The molecule has 0 amide bonds. The first-order chi connectivity index (χ1) is 10.1. The molecule has 5 heteroatoms. The van der Waals surface area contributed by atoms with Crippen molar-refractivity contribution in [1.29, 1.82) is 0 Å². The lowest BCUT2D eigenvalue weighted by molar-refractivity contribution is 0.0657. The fraction of sp³-hybridized carbons (Fsp3) is 0.625. The molecule has 4 nitrogen and oxygen atoms in total. The van der Waals surface area contributed by atoms with Gasteiger partial charge in [0.15, 0.2) is 0 Å². The minimum atomic E-state index is 0.575. The van der Waals surface area contributed by atoms with E-state index < -0.39 is 0 Å². The SMILES string of the molecule is Cc1cc(Cl)ccc1OCCOCCN1CCN(C)CC1. The van der Waals surface area contributed by atoms with Crippen molar-refractivity contribution in [3.05, 3.63) is 28.8 Å². The number of likely N-dealkylation sites (N-methyl/N-ethyl adjacent to an activating group) is 1. The summed E-state index contributed by atoms with van der Waals surface area (Å²) in [5.74, 6) is 0.877. The van der Waals surface area contributed by atoms with Gasteiger partial charge in [-0.3, -0.25) is 4.90 Å². The zero-order valence-electron chi connectivity index (χ0n) is 13.0. The molecule has 1 heterocycles. The van der Waals surface area contributed by atoms with E-state index in [1.54, 1.807) is 0 Å². The molecule has 0 atom stereocenters. The fourth-order valence-electron chi connectivity index (χ4n) is 2.35. The predicted molar refractivity (Wildman–Crippen MR) is 86.4 cm³/mol. The maximum Gasteiger partial charge on any atom is 0.122 e. The van der Waals surface area contributed by atoms with Crippen LogP contribution in [-0.2, 0) is 4.74 Å². The molecule has 1 aliphatic rings. The highest BCUT2D eigenvalue weighted by atomic mass is 35.5. The van der Waals surface area contributed by atoms with Crippen molar-refractivity contribution < 1.29 is 9.47 Å². The average Bonchev–Trinajstić information content (AvgIpc) is 2.46. The van der Waals surface area contributed by atoms with Crippen molar-refractivity contribution in [3.63, 3.8) is 0 Å². The molecule has 1 aliphatic heterocycles. The third-order valence-electron chi connectivity index (χ3n) is 3.77. The standard InChI is InChI=1S/C16H25ClN2O2/c1-14-13-15(17)3-4-16(14)21-12-11-20-10-9-19-7-5-18(2)6-8-19/h3-4,13H,5-12H2,1-2H3. The van der Waals surface area contributed by atoms with Crippen LogP contribution in [0.1, 0.15) is 5.56 Å². The van der Waals surface area contributed by atoms with Gasteiger partial charge in [0, 0.05) is 37.7 Å². The molecule has 0 aliphatic carbocycles. The Morgan fingerprint density at radius 2 is 1.86 bits per heavy atom. The number of hydrogen-bond acceptors (Lipinski definition) is 4. The van der Waals surface area contributed by atoms with Crippen molar-refractivity contribution >= 4 is 11.6 Å². The van der Waals surface area contributed by atoms with Crippen molar-refractivity contribution in [1.82, 2.24) is 9.80 Å². The average molecular weight is 313 g/mol. The summed E-state index contributed by atoms with van der Waals surface area (Å²) < 4.78 is 11.3. The first-order valence-corrected chi connectivity index (χ1v) is 7.90. The Kier molecular flexibility index (Phi) is 6.77. The van der Waals surface area contributed by atoms with Crippen LogP contribution in [0.25, 0.3) is 0 Å². The first-order valence-electron chi connectivity index (χ1n) is 7.53. The van der Waals surface area contributed by atoms with Crippen molar-refractivity contribution in [2.45, 2.75) is 6.92 Å². The van der Waals surface area contributed by atoms with Gasteiger partial charge in [-0.1, -0.05) is 11.6 Å². The molecule has 2 rings (SSSR count). The zero-order chi connectivity index (χ0) is 15.1. The lowest BCUT2D eigenvalue weighted by Gasteiger charge is -2.32. The Balaban J connectivity index is 1.54. The minimum Gasteiger partial charge on any atom is -0.491 e. The Morgan fingerprint density at radius 1 is 1.10 bits per heavy atom. The lowest BCUT2D eigenvalue weighted by atomic mass is 10.2. The second-order valence-corrected chi connectivity index (χ2v) is 5.95. The van der Waals surface area contributed by atoms with Crippen molar-refractivity contribution in [2.75, 3.05) is 59.6 Å². The van der Waals surface area contributed by atoms with Crippen LogP contribution in [0.5, 0.6) is 5.75 Å². The molecule has 1 saturated heterocycles. The Labute approximate surface area is 132 Å². The number of piperazine rings is 1. The van der Waals surface area contributed by atoms with Crippen LogP contribution in [0, 0.1) is 6.92 Å². The third kappa shape index (κ3) is 5.83. The number of ether oxygens (including phenoxy) is 2. The Bertz CT molecular complexity index is 434. The van der Waals surface area contributed by atoms with Crippen LogP contribution in [0.15, 0.2) is 18.2 Å². The van der Waals surface area contributed by atoms with E-state index in [0.717, 1.165) is 55.7 Å². The number of hydrogen-bond donors (Lipinski definition) is 0. The number of benzene rings is 1. The summed E-state index contributed by atoms with van der Waals surface area (Å²) in [5.41, 5.74) is 1.06. The summed E-state index contributed by atoms with van der Waals surface area (Å²) in [6, 6.07) is 5.66. The normalized spacial score (nSPS) is 17.1. The quantitative estimate of drug-likeness (QED) is 0.721. The monoisotopic (exact) mass is 312 g/mol. The van der Waals surface area contributed by atoms with Gasteiger partial charge in [0.1, 0.15) is 12.4 Å². The highest BCUT2D eigenvalue weighted by Crippen LogP contribution is 2.21. The summed E-state index contributed by atoms with van der Waals surface area (Å²) in [7, 11) is 2.17. The van der Waals surface area contributed by atoms with E-state index in [1.165, 1.54) is 0 Å². The lowest BCUT2D eigenvalue weighted by Crippen LogP contribution is -2.45. The topological polar surface area (TPSA) is 24.9 Å². The molecule has 1 aromatic rings. The van der Waals surface area contributed by atoms with E-state index in [9.17, 15) is 0 Å². The van der Waals surface area contributed by atoms with Gasteiger partial charge in [-0.25, -0.2) is 0 Å². The first kappa shape index (κ1) is 16.6. The van der Waals surface area contributed by atoms with Gasteiger partial charge < -0.3 is 14.4 Å². The van der Waals surface area contributed by atoms with E-state index in [0.29, 0.717) is 13.2 Å². The maximum atomic E-state index is 5.91. The molecule has 0 aromatic heterocycles. The third-order valence-corrected chi connectivity index (χ3v) is 4.01. The molecule has 0 saturated carbocycles. The molecule has 1 aromatic carbocycles. The Hall–Kier alpha value is -0.810. The summed E-state index contributed by atoms with van der Waals surface area (Å²) in [6.07, 6.45) is 0. The van der Waals surface area contributed by atoms with E-state index in [1.807, 2.05) is 25.1 Å². The number of halogens is 1. The molecule has 0 N–H and O–H groups in total. The summed E-state index contributed by atoms with van der Waals surface area (Å²) in [6.45, 7) is 9.55. The van der Waals surface area contributed by atoms with Crippen LogP contribution in [0.4, 0.5) is 0 Å². The van der Waals surface area contributed by atoms with Crippen molar-refractivity contribution in [2.24, 2.45) is 0 Å². The molecular weight excluding hydrogens is 288 g/mol. The van der Waals surface area contributed by atoms with Crippen molar-refractivity contribution in [3.8, 4) is 5.75 Å². The number of nitrogens with zero attached hydrogens (tertiary/aromatic N) is 2. The van der Waals surface area contributed by atoms with Crippen LogP contribution in [-0.4, -0.2) is 69.4 Å². The molecule has 0 bridgehead atoms. The van der Waals surface area contributed by atoms with Crippen LogP contribution in [0.3, 0.4) is 0 Å². The summed E-state index contributed by atoms with van der Waals surface area (Å²) >= 11 is 5.91. The molecular formula is C16H25ClN2O2. The molecule has 21 heavy (non-hydrogen) atoms. The summed E-state index contributed by atoms with van der Waals surface area (Å²) in [4.78, 5) is 4.81. The fourth-order valence-corrected chi connectivity index (χ4v) is 2.58. The van der Waals surface area contributed by atoms with E-state index >= 15 is 0 Å². The molecule has 0 spiro atoms. The second-order valence-electron chi connectivity index (χ2n) is 5.52. The second kappa shape index (κ2) is 8.59. The molecule has 118 valence electrons. The van der Waals surface area contributed by atoms with Crippen LogP contribution >= 0.6 is 11.6 Å². The largest absolute Gasteiger partial charge is 0.491 e. The molecule has 0 radical (unpaired) electrons. The van der Waals surface area contributed by atoms with Gasteiger partial charge in [-0.15, -0.1) is 0 Å². The van der Waals surface area contributed by atoms with Gasteiger partial charge in [0.05, 0.1) is 13.2 Å². The zero-order valence-corrected chi connectivity index (χ0v) is 13.7. The number of rotatable bonds is 7. The minimum absolute atomic E-state index is 0.575. The van der Waals surface area contributed by atoms with Crippen LogP contribution in [0.2, 0.25) is 5.02 Å². The molecule has 0 unspecified atom stereocenters. The maximum absolute atomic E-state index is 5.91. The van der Waals surface area contributed by atoms with Gasteiger partial charge in [-0.05, 0) is 37.7 Å². The van der Waals surface area contributed by atoms with Gasteiger partial charge in [0.25, 0.3) is 0 Å². The highest BCUT2D eigenvalue weighted by Gasteiger charge is 2.12. The Morgan fingerprint density at radius 3 is 2.57 bits per heavy atom. The van der Waals surface area contributed by atoms with E-state index in [-0.39, 0.29) is 0 Å². The summed E-state index contributed by atoms with van der Waals surface area (Å²) in [5, 5.41) is 0.739.